The average molecular weight is 419 g/mol. The van der Waals surface area contributed by atoms with Crippen LogP contribution in [0.1, 0.15) is 31.9 Å². The molecule has 7 heteroatoms. The zero-order valence-electron chi connectivity index (χ0n) is 17.7. The van der Waals surface area contributed by atoms with Crippen molar-refractivity contribution in [3.63, 3.8) is 0 Å². The highest BCUT2D eigenvalue weighted by Gasteiger charge is 2.71. The zero-order chi connectivity index (χ0) is 22.1. The first-order valence-electron chi connectivity index (χ1n) is 10.5. The summed E-state index contributed by atoms with van der Waals surface area (Å²) in [4.78, 5) is 41.9. The SMILES string of the molecule is CC(C)(C)N1C(=O)[C@@H]2C(Cc3ccc(O)cc3)NC3(C(=O)Nc4ccccc43)[C@@H]2C1=O. The molecule has 160 valence electrons. The van der Waals surface area contributed by atoms with Gasteiger partial charge in [-0.1, -0.05) is 30.3 Å². The van der Waals surface area contributed by atoms with E-state index in [1.54, 1.807) is 24.3 Å². The third-order valence-electron chi connectivity index (χ3n) is 6.69. The molecule has 0 radical (unpaired) electrons. The summed E-state index contributed by atoms with van der Waals surface area (Å²) in [6, 6.07) is 13.7. The number of anilines is 1. The number of benzene rings is 2. The van der Waals surface area contributed by atoms with Gasteiger partial charge in [-0.25, -0.2) is 0 Å². The third-order valence-corrected chi connectivity index (χ3v) is 6.69. The second kappa shape index (κ2) is 6.40. The van der Waals surface area contributed by atoms with Crippen LogP contribution in [0.5, 0.6) is 5.75 Å². The molecular formula is C24H25N3O4. The first-order chi connectivity index (χ1) is 14.6. The Kier molecular flexibility index (Phi) is 4.08. The van der Waals surface area contributed by atoms with Gasteiger partial charge in [-0.15, -0.1) is 0 Å². The summed E-state index contributed by atoms with van der Waals surface area (Å²) >= 11 is 0. The summed E-state index contributed by atoms with van der Waals surface area (Å²) in [5.41, 5.74) is 0.318. The van der Waals surface area contributed by atoms with Gasteiger partial charge in [0.15, 0.2) is 0 Å². The number of carbonyl (C=O) groups excluding carboxylic acids is 3. The number of phenols is 1. The van der Waals surface area contributed by atoms with Crippen LogP contribution in [0.3, 0.4) is 0 Å². The van der Waals surface area contributed by atoms with E-state index >= 15 is 0 Å². The molecule has 7 nitrogen and oxygen atoms in total. The molecular weight excluding hydrogens is 394 g/mol. The third kappa shape index (κ3) is 2.66. The number of carbonyl (C=O) groups is 3. The lowest BCUT2D eigenvalue weighted by atomic mass is 9.76. The molecule has 0 aliphatic carbocycles. The summed E-state index contributed by atoms with van der Waals surface area (Å²) in [5, 5.41) is 15.9. The van der Waals surface area contributed by atoms with Crippen molar-refractivity contribution in [1.29, 1.82) is 0 Å². The van der Waals surface area contributed by atoms with Crippen molar-refractivity contribution in [3.05, 3.63) is 59.7 Å². The Morgan fingerprint density at radius 2 is 1.68 bits per heavy atom. The number of nitrogens with one attached hydrogen (secondary N) is 2. The second-order valence-corrected chi connectivity index (χ2v) is 9.62. The summed E-state index contributed by atoms with van der Waals surface area (Å²) < 4.78 is 0. The Hall–Kier alpha value is -3.19. The van der Waals surface area contributed by atoms with Crippen LogP contribution in [-0.4, -0.2) is 39.3 Å². The number of fused-ring (bicyclic) bond motifs is 4. The van der Waals surface area contributed by atoms with Crippen LogP contribution in [0.4, 0.5) is 5.69 Å². The van der Waals surface area contributed by atoms with Crippen LogP contribution >= 0.6 is 0 Å². The molecule has 1 spiro atoms. The molecule has 31 heavy (non-hydrogen) atoms. The Balaban J connectivity index is 1.64. The summed E-state index contributed by atoms with van der Waals surface area (Å²) in [6.45, 7) is 5.50. The molecule has 2 aromatic rings. The highest BCUT2D eigenvalue weighted by molar-refractivity contribution is 6.15. The Labute approximate surface area is 180 Å². The molecule has 0 saturated carbocycles. The molecule has 3 N–H and O–H groups in total. The van der Waals surface area contributed by atoms with E-state index in [4.69, 9.17) is 0 Å². The maximum absolute atomic E-state index is 13.7. The highest BCUT2D eigenvalue weighted by atomic mass is 16.3. The normalized spacial score (nSPS) is 29.5. The largest absolute Gasteiger partial charge is 0.508 e. The first-order valence-corrected chi connectivity index (χ1v) is 10.5. The molecule has 0 aromatic heterocycles. The predicted molar refractivity (Wildman–Crippen MR) is 114 cm³/mol. The standard InChI is InChI=1S/C24H25N3O4/c1-23(2,3)27-20(29)18-17(12-13-8-10-14(28)11-9-13)26-24(19(18)21(27)30)15-6-4-5-7-16(15)25-22(24)31/h4-11,17-19,26,28H,12H2,1-3H3,(H,25,31)/t17?,18-,19+,24?/m1/s1. The molecule has 3 amide bonds. The monoisotopic (exact) mass is 419 g/mol. The number of hydrogen-bond donors (Lipinski definition) is 3. The molecule has 3 heterocycles. The lowest BCUT2D eigenvalue weighted by Gasteiger charge is -2.34. The fourth-order valence-corrected chi connectivity index (χ4v) is 5.48. The van der Waals surface area contributed by atoms with Crippen LogP contribution in [0.2, 0.25) is 0 Å². The van der Waals surface area contributed by atoms with Crippen molar-refractivity contribution in [2.45, 2.75) is 44.3 Å². The van der Waals surface area contributed by atoms with Crippen LogP contribution in [0, 0.1) is 11.8 Å². The Morgan fingerprint density at radius 1 is 1.00 bits per heavy atom. The molecule has 3 aliphatic heterocycles. The fourth-order valence-electron chi connectivity index (χ4n) is 5.48. The van der Waals surface area contributed by atoms with E-state index in [1.165, 1.54) is 4.90 Å². The van der Waals surface area contributed by atoms with Gasteiger partial charge in [0.2, 0.25) is 17.7 Å². The number of hydrogen-bond acceptors (Lipinski definition) is 5. The summed E-state index contributed by atoms with van der Waals surface area (Å²) in [5.74, 6) is -2.16. The second-order valence-electron chi connectivity index (χ2n) is 9.62. The summed E-state index contributed by atoms with van der Waals surface area (Å²) in [6.07, 6.45) is 0.454. The van der Waals surface area contributed by atoms with E-state index in [0.717, 1.165) is 5.56 Å². The predicted octanol–water partition coefficient (Wildman–Crippen LogP) is 2.15. The number of phenolic OH excluding ortho intramolecular Hbond substituents is 1. The number of para-hydroxylation sites is 1. The zero-order valence-corrected chi connectivity index (χ0v) is 17.7. The fraction of sp³-hybridized carbons (Fsp3) is 0.375. The molecule has 2 unspecified atom stereocenters. The van der Waals surface area contributed by atoms with Crippen molar-refractivity contribution >= 4 is 23.4 Å². The molecule has 0 bridgehead atoms. The van der Waals surface area contributed by atoms with Gasteiger partial charge >= 0.3 is 0 Å². The maximum atomic E-state index is 13.7. The van der Waals surface area contributed by atoms with E-state index in [9.17, 15) is 19.5 Å². The van der Waals surface area contributed by atoms with E-state index in [1.807, 2.05) is 45.0 Å². The average Bonchev–Trinajstić information content (AvgIpc) is 3.28. The van der Waals surface area contributed by atoms with E-state index < -0.39 is 29.0 Å². The van der Waals surface area contributed by atoms with Crippen molar-refractivity contribution in [2.24, 2.45) is 11.8 Å². The quantitative estimate of drug-likeness (QED) is 0.648. The minimum atomic E-state index is -1.28. The van der Waals surface area contributed by atoms with Crippen molar-refractivity contribution in [2.75, 3.05) is 5.32 Å². The molecule has 2 aromatic carbocycles. The highest BCUT2D eigenvalue weighted by Crippen LogP contribution is 2.54. The number of likely N-dealkylation sites (tertiary alicyclic amines) is 1. The minimum absolute atomic E-state index is 0.160. The van der Waals surface area contributed by atoms with Crippen LogP contribution in [0.25, 0.3) is 0 Å². The van der Waals surface area contributed by atoms with Gasteiger partial charge in [0.25, 0.3) is 0 Å². The number of aromatic hydroxyl groups is 1. The topological polar surface area (TPSA) is 98.7 Å². The van der Waals surface area contributed by atoms with Gasteiger partial charge in [0.1, 0.15) is 11.3 Å². The number of rotatable bonds is 2. The van der Waals surface area contributed by atoms with Crippen LogP contribution in [-0.2, 0) is 26.3 Å². The van der Waals surface area contributed by atoms with Gasteiger partial charge in [-0.2, -0.15) is 0 Å². The van der Waals surface area contributed by atoms with E-state index in [2.05, 4.69) is 10.6 Å². The maximum Gasteiger partial charge on any atom is 0.250 e. The van der Waals surface area contributed by atoms with Gasteiger partial charge in [0.05, 0.1) is 11.8 Å². The van der Waals surface area contributed by atoms with Crippen LogP contribution in [0.15, 0.2) is 48.5 Å². The lowest BCUT2D eigenvalue weighted by molar-refractivity contribution is -0.147. The molecule has 2 saturated heterocycles. The number of imide groups is 1. The van der Waals surface area contributed by atoms with Gasteiger partial charge in [0, 0.05) is 22.8 Å². The Morgan fingerprint density at radius 3 is 2.35 bits per heavy atom. The smallest absolute Gasteiger partial charge is 0.250 e. The molecule has 2 fully saturated rings. The lowest BCUT2D eigenvalue weighted by Crippen LogP contribution is -2.56. The Bertz CT molecular complexity index is 1100. The summed E-state index contributed by atoms with van der Waals surface area (Å²) in [7, 11) is 0. The number of amides is 3. The number of nitrogens with zero attached hydrogens (tertiary/aromatic N) is 1. The van der Waals surface area contributed by atoms with Gasteiger partial charge in [-0.05, 0) is 51.0 Å². The minimum Gasteiger partial charge on any atom is -0.508 e. The van der Waals surface area contributed by atoms with Gasteiger partial charge in [-0.3, -0.25) is 24.6 Å². The van der Waals surface area contributed by atoms with Crippen molar-refractivity contribution < 1.29 is 19.5 Å². The molecule has 4 atom stereocenters. The van der Waals surface area contributed by atoms with Crippen molar-refractivity contribution in [3.8, 4) is 5.75 Å². The van der Waals surface area contributed by atoms with E-state index in [0.29, 0.717) is 17.7 Å². The van der Waals surface area contributed by atoms with Crippen molar-refractivity contribution in [1.82, 2.24) is 10.2 Å². The van der Waals surface area contributed by atoms with Gasteiger partial charge < -0.3 is 10.4 Å². The first kappa shape index (κ1) is 19.8. The van der Waals surface area contributed by atoms with E-state index in [-0.39, 0.29) is 23.5 Å². The molecule has 3 aliphatic rings. The van der Waals surface area contributed by atoms with Crippen LogP contribution < -0.4 is 10.6 Å². The molecule has 5 rings (SSSR count).